The number of carboxylic acids is 1. The van der Waals surface area contributed by atoms with Crippen molar-refractivity contribution in [3.8, 4) is 5.69 Å². The number of nitrogens with one attached hydrogen (secondary N) is 1. The number of aromatic carboxylic acids is 1. The van der Waals surface area contributed by atoms with Crippen molar-refractivity contribution in [1.29, 1.82) is 0 Å². The Morgan fingerprint density at radius 1 is 1.07 bits per heavy atom. The Morgan fingerprint density at radius 2 is 1.74 bits per heavy atom. The molecule has 7 nitrogen and oxygen atoms in total. The lowest BCUT2D eigenvalue weighted by atomic mass is 10.0. The van der Waals surface area contributed by atoms with Crippen LogP contribution in [0.2, 0.25) is 0 Å². The van der Waals surface area contributed by atoms with E-state index < -0.39 is 11.2 Å². The monoisotopic (exact) mass is 378 g/mol. The number of carboxylic acid groups (broad SMARTS) is 1. The van der Waals surface area contributed by atoms with E-state index in [1.54, 1.807) is 48.5 Å². The number of nitrogens with zero attached hydrogens (tertiary/aromatic N) is 3. The van der Waals surface area contributed by atoms with Crippen molar-refractivity contribution in [3.63, 3.8) is 0 Å². The number of fused-ring (bicyclic) bond motifs is 1. The predicted molar refractivity (Wildman–Crippen MR) is 104 cm³/mol. The summed E-state index contributed by atoms with van der Waals surface area (Å²) in [5.74, 6) is -0.874. The second kappa shape index (κ2) is 6.73. The molecule has 0 fully saturated rings. The maximum Gasteiger partial charge on any atom is 0.338 e. The highest BCUT2D eigenvalue weighted by Crippen LogP contribution is 2.33. The van der Waals surface area contributed by atoms with Crippen LogP contribution in [-0.2, 0) is 0 Å². The first-order chi connectivity index (χ1) is 13.1. The molecule has 0 aliphatic rings. The first-order valence-electron chi connectivity index (χ1n) is 8.09. The normalized spacial score (nSPS) is 12.2. The largest absolute Gasteiger partial charge is 0.478 e. The second-order valence-electron chi connectivity index (χ2n) is 5.85. The number of benzene rings is 2. The fourth-order valence-electron chi connectivity index (χ4n) is 3.16. The Balaban J connectivity index is 2.20. The Kier molecular flexibility index (Phi) is 4.25. The third-order valence-corrected chi connectivity index (χ3v) is 4.77. The minimum atomic E-state index is -1.15. The highest BCUT2D eigenvalue weighted by Gasteiger charge is 2.28. The Hall–Kier alpha value is -3.39. The lowest BCUT2D eigenvalue weighted by Gasteiger charge is -2.20. The maximum atomic E-state index is 13.3. The highest BCUT2D eigenvalue weighted by molar-refractivity contribution is 7.80. The van der Waals surface area contributed by atoms with Gasteiger partial charge in [-0.25, -0.2) is 9.78 Å². The number of hydrogen-bond donors (Lipinski definition) is 3. The molecule has 0 bridgehead atoms. The molecule has 2 aromatic carbocycles. The van der Waals surface area contributed by atoms with E-state index in [1.807, 2.05) is 6.07 Å². The zero-order valence-electron chi connectivity index (χ0n) is 13.9. The molecule has 2 N–H and O–H groups in total. The van der Waals surface area contributed by atoms with Crippen LogP contribution in [0.1, 0.15) is 27.1 Å². The smallest absolute Gasteiger partial charge is 0.338 e. The van der Waals surface area contributed by atoms with Crippen LogP contribution in [0.4, 0.5) is 0 Å². The SMILES string of the molecule is O=C(O)c1c(C(S)c2nc[nH]n2)n(-c2ccccc2)c(=O)c2ccccc12. The third kappa shape index (κ3) is 2.80. The summed E-state index contributed by atoms with van der Waals surface area (Å²) in [5.41, 5.74) is 0.422. The minimum Gasteiger partial charge on any atom is -0.478 e. The summed E-state index contributed by atoms with van der Waals surface area (Å²) in [6.07, 6.45) is 1.38. The van der Waals surface area contributed by atoms with E-state index in [4.69, 9.17) is 0 Å². The number of pyridine rings is 1. The van der Waals surface area contributed by atoms with E-state index in [1.165, 1.54) is 10.9 Å². The van der Waals surface area contributed by atoms with Crippen molar-refractivity contribution in [2.45, 2.75) is 5.25 Å². The zero-order valence-corrected chi connectivity index (χ0v) is 14.8. The summed E-state index contributed by atoms with van der Waals surface area (Å²) < 4.78 is 1.37. The van der Waals surface area contributed by atoms with Crippen molar-refractivity contribution in [2.24, 2.45) is 0 Å². The molecule has 0 spiro atoms. The van der Waals surface area contributed by atoms with Crippen LogP contribution in [0.3, 0.4) is 0 Å². The van der Waals surface area contributed by atoms with E-state index in [-0.39, 0.29) is 22.6 Å². The lowest BCUT2D eigenvalue weighted by Crippen LogP contribution is -2.27. The molecule has 2 aromatic heterocycles. The van der Waals surface area contributed by atoms with Crippen LogP contribution in [0, 0.1) is 0 Å². The molecule has 4 rings (SSSR count). The molecule has 0 aliphatic carbocycles. The van der Waals surface area contributed by atoms with Gasteiger partial charge in [0.25, 0.3) is 5.56 Å². The Bertz CT molecular complexity index is 1190. The number of carbonyl (C=O) groups is 1. The van der Waals surface area contributed by atoms with Gasteiger partial charge < -0.3 is 5.11 Å². The molecular formula is C19H14N4O3S. The van der Waals surface area contributed by atoms with Crippen LogP contribution < -0.4 is 5.56 Å². The highest BCUT2D eigenvalue weighted by atomic mass is 32.1. The van der Waals surface area contributed by atoms with E-state index in [9.17, 15) is 14.7 Å². The number of thiol groups is 1. The van der Waals surface area contributed by atoms with Gasteiger partial charge >= 0.3 is 5.97 Å². The van der Waals surface area contributed by atoms with Crippen LogP contribution in [0.25, 0.3) is 16.5 Å². The molecule has 8 heteroatoms. The number of aromatic amines is 1. The molecule has 0 saturated heterocycles. The van der Waals surface area contributed by atoms with Crippen molar-refractivity contribution in [3.05, 3.63) is 88.4 Å². The first kappa shape index (κ1) is 17.0. The summed E-state index contributed by atoms with van der Waals surface area (Å²) in [7, 11) is 0. The summed E-state index contributed by atoms with van der Waals surface area (Å²) in [4.78, 5) is 29.6. The summed E-state index contributed by atoms with van der Waals surface area (Å²) in [5, 5.41) is 16.4. The molecular weight excluding hydrogens is 364 g/mol. The first-order valence-corrected chi connectivity index (χ1v) is 8.61. The minimum absolute atomic E-state index is 0.00106. The molecule has 1 unspecified atom stereocenters. The van der Waals surface area contributed by atoms with Crippen LogP contribution in [0.15, 0.2) is 65.7 Å². The fraction of sp³-hybridized carbons (Fsp3) is 0.0526. The third-order valence-electron chi connectivity index (χ3n) is 4.29. The van der Waals surface area contributed by atoms with E-state index in [0.29, 0.717) is 16.5 Å². The van der Waals surface area contributed by atoms with Crippen LogP contribution in [-0.4, -0.2) is 30.8 Å². The topological polar surface area (TPSA) is 101 Å². The number of para-hydroxylation sites is 1. The molecule has 1 atom stereocenters. The van der Waals surface area contributed by atoms with Crippen molar-refractivity contribution in [1.82, 2.24) is 19.7 Å². The summed E-state index contributed by atoms with van der Waals surface area (Å²) in [6, 6.07) is 15.5. The van der Waals surface area contributed by atoms with Crippen molar-refractivity contribution >= 4 is 29.4 Å². The van der Waals surface area contributed by atoms with Gasteiger partial charge in [-0.15, -0.1) is 0 Å². The quantitative estimate of drug-likeness (QED) is 0.474. The molecule has 27 heavy (non-hydrogen) atoms. The zero-order chi connectivity index (χ0) is 19.0. The van der Waals surface area contributed by atoms with Crippen LogP contribution in [0.5, 0.6) is 0 Å². The van der Waals surface area contributed by atoms with Gasteiger partial charge in [-0.1, -0.05) is 36.4 Å². The maximum absolute atomic E-state index is 13.3. The molecule has 4 aromatic rings. The number of aromatic nitrogens is 4. The van der Waals surface area contributed by atoms with Crippen molar-refractivity contribution < 1.29 is 9.90 Å². The molecule has 0 saturated carbocycles. The molecule has 2 heterocycles. The van der Waals surface area contributed by atoms with Gasteiger partial charge in [0.1, 0.15) is 11.6 Å². The molecule has 0 amide bonds. The summed E-state index contributed by atoms with van der Waals surface area (Å²) in [6.45, 7) is 0. The average molecular weight is 378 g/mol. The van der Waals surface area contributed by atoms with Gasteiger partial charge in [-0.2, -0.15) is 17.7 Å². The van der Waals surface area contributed by atoms with E-state index in [2.05, 4.69) is 27.8 Å². The van der Waals surface area contributed by atoms with Gasteiger partial charge in [0, 0.05) is 16.5 Å². The number of hydrogen-bond acceptors (Lipinski definition) is 5. The standard InChI is InChI=1S/C19H14N4O3S/c24-18-13-9-5-4-8-12(13)14(19(25)26)15(16(27)17-20-10-21-22-17)23(18)11-6-2-1-3-7-11/h1-10,16,27H,(H,25,26)(H,20,21,22). The van der Waals surface area contributed by atoms with Gasteiger partial charge in [0.15, 0.2) is 5.82 Å². The van der Waals surface area contributed by atoms with Gasteiger partial charge in [0.2, 0.25) is 0 Å². The van der Waals surface area contributed by atoms with Gasteiger partial charge in [-0.05, 0) is 18.2 Å². The predicted octanol–water partition coefficient (Wildman–Crippen LogP) is 2.83. The Labute approximate surface area is 158 Å². The van der Waals surface area contributed by atoms with Gasteiger partial charge in [0.05, 0.1) is 11.3 Å². The van der Waals surface area contributed by atoms with E-state index >= 15 is 0 Å². The molecule has 0 radical (unpaired) electrons. The number of H-pyrrole nitrogens is 1. The summed E-state index contributed by atoms with van der Waals surface area (Å²) >= 11 is 4.56. The van der Waals surface area contributed by atoms with Gasteiger partial charge in [-0.3, -0.25) is 14.5 Å². The second-order valence-corrected chi connectivity index (χ2v) is 6.36. The molecule has 0 aliphatic heterocycles. The molecule has 134 valence electrons. The average Bonchev–Trinajstić information content (AvgIpc) is 3.22. The Morgan fingerprint density at radius 3 is 2.37 bits per heavy atom. The van der Waals surface area contributed by atoms with Crippen molar-refractivity contribution in [2.75, 3.05) is 0 Å². The van der Waals surface area contributed by atoms with E-state index in [0.717, 1.165) is 0 Å². The van der Waals surface area contributed by atoms with Crippen LogP contribution >= 0.6 is 12.6 Å². The lowest BCUT2D eigenvalue weighted by molar-refractivity contribution is 0.0697. The fourth-order valence-corrected chi connectivity index (χ4v) is 3.53. The number of rotatable bonds is 4.